The summed E-state index contributed by atoms with van der Waals surface area (Å²) >= 11 is 0. The lowest BCUT2D eigenvalue weighted by molar-refractivity contribution is -0.159. The molecule has 3 unspecified atom stereocenters. The molecule has 1 amide bonds. The molecule has 1 saturated heterocycles. The number of carboxylic acid groups (broad SMARTS) is 1. The van der Waals surface area contributed by atoms with Crippen molar-refractivity contribution in [3.63, 3.8) is 0 Å². The number of nitrogens with zero attached hydrogens (tertiary/aromatic N) is 1. The SMILES string of the molecule is C=CCOC(=O)N1CC(C)OC(C)C1C(=O)O. The van der Waals surface area contributed by atoms with E-state index in [-0.39, 0.29) is 19.3 Å². The van der Waals surface area contributed by atoms with Crippen molar-refractivity contribution in [2.45, 2.75) is 32.1 Å². The quantitative estimate of drug-likeness (QED) is 0.744. The van der Waals surface area contributed by atoms with Gasteiger partial charge in [0.05, 0.1) is 18.8 Å². The van der Waals surface area contributed by atoms with Crippen LogP contribution in [0.1, 0.15) is 13.8 Å². The highest BCUT2D eigenvalue weighted by molar-refractivity contribution is 5.81. The highest BCUT2D eigenvalue weighted by Gasteiger charge is 2.41. The monoisotopic (exact) mass is 243 g/mol. The van der Waals surface area contributed by atoms with Gasteiger partial charge in [0.1, 0.15) is 6.61 Å². The first kappa shape index (κ1) is 13.5. The van der Waals surface area contributed by atoms with Crippen LogP contribution in [0, 0.1) is 0 Å². The number of hydrogen-bond donors (Lipinski definition) is 1. The number of ether oxygens (including phenoxy) is 2. The van der Waals surface area contributed by atoms with Crippen molar-refractivity contribution >= 4 is 12.1 Å². The highest BCUT2D eigenvalue weighted by atomic mass is 16.6. The average molecular weight is 243 g/mol. The molecule has 1 N–H and O–H groups in total. The summed E-state index contributed by atoms with van der Waals surface area (Å²) in [5.74, 6) is -1.10. The molecule has 6 nitrogen and oxygen atoms in total. The van der Waals surface area contributed by atoms with Gasteiger partial charge in [-0.3, -0.25) is 4.90 Å². The van der Waals surface area contributed by atoms with E-state index in [4.69, 9.17) is 14.6 Å². The number of aliphatic carboxylic acids is 1. The molecule has 1 rings (SSSR count). The summed E-state index contributed by atoms with van der Waals surface area (Å²) in [6.45, 7) is 7.10. The van der Waals surface area contributed by atoms with Crippen molar-refractivity contribution in [2.24, 2.45) is 0 Å². The number of carboxylic acids is 1. The standard InChI is InChI=1S/C11H17NO5/c1-4-5-16-11(15)12-6-7(2)17-8(3)9(12)10(13)14/h4,7-9H,1,5-6H2,2-3H3,(H,13,14). The van der Waals surface area contributed by atoms with Crippen LogP contribution in [0.25, 0.3) is 0 Å². The Bertz CT molecular complexity index is 317. The molecule has 0 aromatic heterocycles. The Morgan fingerprint density at radius 1 is 1.59 bits per heavy atom. The summed E-state index contributed by atoms with van der Waals surface area (Å²) in [6, 6.07) is -1.01. The fourth-order valence-electron chi connectivity index (χ4n) is 1.86. The second kappa shape index (κ2) is 5.67. The van der Waals surface area contributed by atoms with Gasteiger partial charge in [-0.1, -0.05) is 12.7 Å². The zero-order chi connectivity index (χ0) is 13.0. The average Bonchev–Trinajstić information content (AvgIpc) is 2.23. The lowest BCUT2D eigenvalue weighted by atomic mass is 10.1. The first-order valence-electron chi connectivity index (χ1n) is 5.40. The van der Waals surface area contributed by atoms with E-state index in [0.29, 0.717) is 0 Å². The molecule has 17 heavy (non-hydrogen) atoms. The molecule has 0 aromatic rings. The van der Waals surface area contributed by atoms with Crippen LogP contribution in [-0.4, -0.2) is 53.5 Å². The van der Waals surface area contributed by atoms with Gasteiger partial charge in [0.25, 0.3) is 0 Å². The first-order valence-corrected chi connectivity index (χ1v) is 5.40. The Balaban J connectivity index is 2.79. The normalized spacial score (nSPS) is 28.6. The van der Waals surface area contributed by atoms with Gasteiger partial charge in [-0.25, -0.2) is 9.59 Å². The number of hydrogen-bond acceptors (Lipinski definition) is 4. The van der Waals surface area contributed by atoms with E-state index in [1.165, 1.54) is 11.0 Å². The fourth-order valence-corrected chi connectivity index (χ4v) is 1.86. The number of carbonyl (C=O) groups excluding carboxylic acids is 1. The van der Waals surface area contributed by atoms with Crippen LogP contribution in [-0.2, 0) is 14.3 Å². The van der Waals surface area contributed by atoms with Crippen molar-refractivity contribution in [1.82, 2.24) is 4.90 Å². The van der Waals surface area contributed by atoms with Crippen LogP contribution in [0.15, 0.2) is 12.7 Å². The zero-order valence-corrected chi connectivity index (χ0v) is 9.96. The highest BCUT2D eigenvalue weighted by Crippen LogP contribution is 2.19. The molecule has 0 radical (unpaired) electrons. The van der Waals surface area contributed by atoms with Crippen LogP contribution in [0.5, 0.6) is 0 Å². The summed E-state index contributed by atoms with van der Waals surface area (Å²) in [7, 11) is 0. The Hall–Kier alpha value is -1.56. The van der Waals surface area contributed by atoms with Crippen LogP contribution >= 0.6 is 0 Å². The van der Waals surface area contributed by atoms with E-state index in [9.17, 15) is 9.59 Å². The predicted molar refractivity (Wildman–Crippen MR) is 59.7 cm³/mol. The number of amides is 1. The van der Waals surface area contributed by atoms with Gasteiger partial charge in [0.2, 0.25) is 0 Å². The Morgan fingerprint density at radius 2 is 2.24 bits per heavy atom. The third-order valence-corrected chi connectivity index (χ3v) is 2.49. The molecular weight excluding hydrogens is 226 g/mol. The molecule has 0 saturated carbocycles. The van der Waals surface area contributed by atoms with Crippen LogP contribution in [0.3, 0.4) is 0 Å². The molecule has 6 heteroatoms. The van der Waals surface area contributed by atoms with E-state index in [1.807, 2.05) is 0 Å². The minimum absolute atomic E-state index is 0.0608. The van der Waals surface area contributed by atoms with Gasteiger partial charge in [0.15, 0.2) is 6.04 Å². The van der Waals surface area contributed by atoms with Crippen molar-refractivity contribution < 1.29 is 24.2 Å². The van der Waals surface area contributed by atoms with Crippen molar-refractivity contribution in [1.29, 1.82) is 0 Å². The van der Waals surface area contributed by atoms with Crippen LogP contribution in [0.2, 0.25) is 0 Å². The molecule has 0 aliphatic carbocycles. The van der Waals surface area contributed by atoms with E-state index in [2.05, 4.69) is 6.58 Å². The summed E-state index contributed by atoms with van der Waals surface area (Å²) in [4.78, 5) is 24.0. The minimum atomic E-state index is -1.10. The molecule has 3 atom stereocenters. The van der Waals surface area contributed by atoms with Gasteiger partial charge < -0.3 is 14.6 Å². The van der Waals surface area contributed by atoms with Crippen molar-refractivity contribution in [3.05, 3.63) is 12.7 Å². The van der Waals surface area contributed by atoms with Crippen molar-refractivity contribution in [3.8, 4) is 0 Å². The third kappa shape index (κ3) is 3.20. The van der Waals surface area contributed by atoms with Gasteiger partial charge in [-0.05, 0) is 13.8 Å². The summed E-state index contributed by atoms with van der Waals surface area (Å²) in [5, 5.41) is 9.09. The van der Waals surface area contributed by atoms with Crippen molar-refractivity contribution in [2.75, 3.05) is 13.2 Å². The zero-order valence-electron chi connectivity index (χ0n) is 9.96. The topological polar surface area (TPSA) is 76.1 Å². The summed E-state index contributed by atoms with van der Waals surface area (Å²) in [6.07, 6.45) is 0.00441. The van der Waals surface area contributed by atoms with Gasteiger partial charge in [-0.15, -0.1) is 0 Å². The molecular formula is C11H17NO5. The van der Waals surface area contributed by atoms with Gasteiger partial charge >= 0.3 is 12.1 Å². The smallest absolute Gasteiger partial charge is 0.411 e. The first-order chi connectivity index (χ1) is 7.97. The summed E-state index contributed by atoms with van der Waals surface area (Å²) < 4.78 is 10.3. The number of rotatable bonds is 3. The van der Waals surface area contributed by atoms with Crippen LogP contribution in [0.4, 0.5) is 4.79 Å². The Kier molecular flexibility index (Phi) is 4.51. The summed E-state index contributed by atoms with van der Waals surface area (Å²) in [5.41, 5.74) is 0. The molecule has 0 spiro atoms. The van der Waals surface area contributed by atoms with Gasteiger partial charge in [0, 0.05) is 0 Å². The van der Waals surface area contributed by atoms with Gasteiger partial charge in [-0.2, -0.15) is 0 Å². The molecule has 1 aliphatic rings. The van der Waals surface area contributed by atoms with E-state index in [0.717, 1.165) is 0 Å². The molecule has 1 aliphatic heterocycles. The van der Waals surface area contributed by atoms with E-state index < -0.39 is 24.2 Å². The third-order valence-electron chi connectivity index (χ3n) is 2.49. The second-order valence-corrected chi connectivity index (χ2v) is 3.95. The lowest BCUT2D eigenvalue weighted by Crippen LogP contribution is -2.58. The van der Waals surface area contributed by atoms with Crippen LogP contribution < -0.4 is 0 Å². The lowest BCUT2D eigenvalue weighted by Gasteiger charge is -2.39. The Morgan fingerprint density at radius 3 is 2.76 bits per heavy atom. The second-order valence-electron chi connectivity index (χ2n) is 3.95. The predicted octanol–water partition coefficient (Wildman–Crippen LogP) is 0.871. The Labute approximate surface area is 99.8 Å². The minimum Gasteiger partial charge on any atom is -0.480 e. The molecule has 1 fully saturated rings. The molecule has 1 heterocycles. The number of morpholine rings is 1. The van der Waals surface area contributed by atoms with E-state index in [1.54, 1.807) is 13.8 Å². The maximum absolute atomic E-state index is 11.7. The molecule has 96 valence electrons. The molecule has 0 bridgehead atoms. The molecule has 0 aromatic carbocycles. The van der Waals surface area contributed by atoms with E-state index >= 15 is 0 Å². The maximum Gasteiger partial charge on any atom is 0.411 e. The maximum atomic E-state index is 11.7. The largest absolute Gasteiger partial charge is 0.480 e. The fraction of sp³-hybridized carbons (Fsp3) is 0.636. The number of carbonyl (C=O) groups is 2.